The Morgan fingerprint density at radius 3 is 1.72 bits per heavy atom. The predicted octanol–water partition coefficient (Wildman–Crippen LogP) is 10.0. The number of benzene rings is 1. The van der Waals surface area contributed by atoms with Crippen molar-refractivity contribution in [2.75, 3.05) is 0 Å². The Kier molecular flexibility index (Phi) is 6.35. The third-order valence-electron chi connectivity index (χ3n) is 7.34. The van der Waals surface area contributed by atoms with Crippen LogP contribution in [0.25, 0.3) is 0 Å². The zero-order valence-corrected chi connectivity index (χ0v) is 18.2. The molecule has 0 atom stereocenters. The molecule has 0 nitrogen and oxygen atoms in total. The Morgan fingerprint density at radius 2 is 1.24 bits per heavy atom. The molecule has 2 aliphatic rings. The fraction of sp³-hybridized carbons (Fsp3) is 0.739. The molecule has 0 saturated heterocycles. The van der Waals surface area contributed by atoms with Gasteiger partial charge in [-0.3, -0.25) is 0 Å². The summed E-state index contributed by atoms with van der Waals surface area (Å²) in [6.07, 6.45) is 14.8. The van der Waals surface area contributed by atoms with E-state index in [0.29, 0.717) is 12.1 Å². The average Bonchev–Trinajstić information content (AvgIpc) is 2.67. The Hall–Kier alpha value is -0.780. The number of hydrogen-bond acceptors (Lipinski definition) is 0. The van der Waals surface area contributed by atoms with Gasteiger partial charge >= 0.3 is 10.2 Å². The van der Waals surface area contributed by atoms with Crippen LogP contribution in [-0.2, 0) is 0 Å². The molecule has 0 amide bonds. The van der Waals surface area contributed by atoms with Crippen molar-refractivity contribution in [2.24, 2.45) is 17.8 Å². The molecule has 3 rings (SSSR count). The summed E-state index contributed by atoms with van der Waals surface area (Å²) in [6, 6.07) is 3.67. The minimum absolute atomic E-state index is 0.198. The molecule has 0 aromatic heterocycles. The number of halogens is 5. The smallest absolute Gasteiger partial charge is 0.0936 e. The maximum absolute atomic E-state index is 12.9. The second kappa shape index (κ2) is 8.05. The Balaban J connectivity index is 1.48. The molecule has 0 heterocycles. The van der Waals surface area contributed by atoms with Crippen LogP contribution in [0.5, 0.6) is 0 Å². The van der Waals surface area contributed by atoms with E-state index in [4.69, 9.17) is 0 Å². The summed E-state index contributed by atoms with van der Waals surface area (Å²) in [5.41, 5.74) is 0.772. The molecule has 168 valence electrons. The number of hydrogen-bond donors (Lipinski definition) is 0. The molecular formula is C23H35F5S. The Bertz CT molecular complexity index is 651. The van der Waals surface area contributed by atoms with E-state index in [2.05, 4.69) is 6.92 Å². The van der Waals surface area contributed by atoms with Crippen molar-refractivity contribution < 1.29 is 19.4 Å². The Morgan fingerprint density at radius 1 is 0.724 bits per heavy atom. The average molecular weight is 439 g/mol. The van der Waals surface area contributed by atoms with Crippen LogP contribution >= 0.6 is 10.2 Å². The lowest BCUT2D eigenvalue weighted by atomic mass is 9.68. The van der Waals surface area contributed by atoms with Gasteiger partial charge in [0.05, 0.1) is 0 Å². The monoisotopic (exact) mass is 438 g/mol. The Labute approximate surface area is 172 Å². The normalized spacial score (nSPS) is 31.1. The second-order valence-corrected chi connectivity index (χ2v) is 11.8. The zero-order chi connectivity index (χ0) is 21.2. The molecule has 1 aromatic carbocycles. The first-order valence-corrected chi connectivity index (χ1v) is 13.3. The van der Waals surface area contributed by atoms with E-state index in [1.165, 1.54) is 63.5 Å². The molecule has 0 spiro atoms. The van der Waals surface area contributed by atoms with Crippen molar-refractivity contribution >= 4 is 10.2 Å². The van der Waals surface area contributed by atoms with Gasteiger partial charge < -0.3 is 0 Å². The molecule has 2 aliphatic carbocycles. The fourth-order valence-electron chi connectivity index (χ4n) is 5.55. The highest BCUT2D eigenvalue weighted by molar-refractivity contribution is 8.45. The zero-order valence-electron chi connectivity index (χ0n) is 17.4. The van der Waals surface area contributed by atoms with Crippen LogP contribution in [0.2, 0.25) is 0 Å². The SMILES string of the molecule is CCCCCC1CCC(C2CCC(c3ccc(S(F)(F)(F)(F)F)cc3)CC2)CC1. The molecule has 0 radical (unpaired) electrons. The third-order valence-corrected chi connectivity index (χ3v) is 8.51. The van der Waals surface area contributed by atoms with Crippen LogP contribution < -0.4 is 0 Å². The van der Waals surface area contributed by atoms with Crippen molar-refractivity contribution in [3.63, 3.8) is 0 Å². The van der Waals surface area contributed by atoms with E-state index in [1.54, 1.807) is 0 Å². The second-order valence-electron chi connectivity index (χ2n) is 9.43. The molecular weight excluding hydrogens is 403 g/mol. The van der Waals surface area contributed by atoms with Crippen LogP contribution in [0.15, 0.2) is 29.2 Å². The first-order valence-electron chi connectivity index (χ1n) is 11.3. The summed E-state index contributed by atoms with van der Waals surface area (Å²) in [7, 11) is -9.56. The van der Waals surface area contributed by atoms with Gasteiger partial charge in [-0.25, -0.2) is 0 Å². The van der Waals surface area contributed by atoms with Gasteiger partial charge in [0.25, 0.3) is 0 Å². The van der Waals surface area contributed by atoms with Crippen molar-refractivity contribution in [3.8, 4) is 0 Å². The summed E-state index contributed by atoms with van der Waals surface area (Å²) in [5, 5.41) is 0. The summed E-state index contributed by atoms with van der Waals surface area (Å²) in [6.45, 7) is 2.24. The minimum atomic E-state index is -9.56. The fourth-order valence-corrected chi connectivity index (χ4v) is 6.20. The van der Waals surface area contributed by atoms with E-state index >= 15 is 0 Å². The predicted molar refractivity (Wildman–Crippen MR) is 112 cm³/mol. The molecule has 0 bridgehead atoms. The van der Waals surface area contributed by atoms with Gasteiger partial charge in [-0.15, -0.1) is 0 Å². The van der Waals surface area contributed by atoms with Crippen molar-refractivity contribution in [2.45, 2.75) is 94.8 Å². The molecule has 29 heavy (non-hydrogen) atoms. The standard InChI is InChI=1S/C23H35F5S/c1-2-3-4-5-18-6-8-19(9-7-18)20-10-12-21(13-11-20)22-14-16-23(17-15-22)29(24,25,26,27)28/h14-21H,2-13H2,1H3. The van der Waals surface area contributed by atoms with Crippen molar-refractivity contribution in [1.82, 2.24) is 0 Å². The van der Waals surface area contributed by atoms with Crippen molar-refractivity contribution in [1.29, 1.82) is 0 Å². The van der Waals surface area contributed by atoms with Gasteiger partial charge in [0.1, 0.15) is 4.90 Å². The first-order chi connectivity index (χ1) is 13.5. The summed E-state index contributed by atoms with van der Waals surface area (Å²) < 4.78 is 64.5. The maximum atomic E-state index is 12.9. The van der Waals surface area contributed by atoms with Gasteiger partial charge in [0.2, 0.25) is 0 Å². The lowest BCUT2D eigenvalue weighted by molar-refractivity contribution is 0.155. The summed E-state index contributed by atoms with van der Waals surface area (Å²) in [5.74, 6) is 2.63. The minimum Gasteiger partial charge on any atom is -0.0936 e. The van der Waals surface area contributed by atoms with Gasteiger partial charge in [-0.2, -0.15) is 0 Å². The van der Waals surface area contributed by atoms with Crippen LogP contribution in [0, 0.1) is 17.8 Å². The van der Waals surface area contributed by atoms with E-state index < -0.39 is 15.1 Å². The van der Waals surface area contributed by atoms with Gasteiger partial charge in [0.15, 0.2) is 0 Å². The van der Waals surface area contributed by atoms with Crippen LogP contribution in [0.4, 0.5) is 19.4 Å². The maximum Gasteiger partial charge on any atom is 0.310 e. The molecule has 1 aromatic rings. The van der Waals surface area contributed by atoms with Crippen LogP contribution in [-0.4, -0.2) is 0 Å². The molecule has 6 heteroatoms. The van der Waals surface area contributed by atoms with E-state index in [9.17, 15) is 19.4 Å². The van der Waals surface area contributed by atoms with Gasteiger partial charge in [0, 0.05) is 0 Å². The highest BCUT2D eigenvalue weighted by Gasteiger charge is 2.65. The molecule has 0 unspecified atom stereocenters. The molecule has 0 aliphatic heterocycles. The molecule has 2 saturated carbocycles. The topological polar surface area (TPSA) is 0 Å². The van der Waals surface area contributed by atoms with E-state index in [-0.39, 0.29) is 5.92 Å². The van der Waals surface area contributed by atoms with E-state index in [0.717, 1.165) is 49.0 Å². The third kappa shape index (κ3) is 6.35. The van der Waals surface area contributed by atoms with Gasteiger partial charge in [-0.05, 0) is 79.9 Å². The summed E-state index contributed by atoms with van der Waals surface area (Å²) in [4.78, 5) is -1.78. The van der Waals surface area contributed by atoms with Crippen LogP contribution in [0.1, 0.15) is 95.5 Å². The lowest BCUT2D eigenvalue weighted by Crippen LogP contribution is -2.25. The number of unbranched alkanes of at least 4 members (excludes halogenated alkanes) is 2. The van der Waals surface area contributed by atoms with E-state index in [1.807, 2.05) is 0 Å². The van der Waals surface area contributed by atoms with Crippen molar-refractivity contribution in [3.05, 3.63) is 29.8 Å². The lowest BCUT2D eigenvalue weighted by Gasteiger charge is -2.41. The first kappa shape index (κ1) is 22.9. The molecule has 2 fully saturated rings. The summed E-state index contributed by atoms with van der Waals surface area (Å²) >= 11 is 0. The van der Waals surface area contributed by atoms with Gasteiger partial charge in [-0.1, -0.05) is 77.0 Å². The van der Waals surface area contributed by atoms with Crippen LogP contribution in [0.3, 0.4) is 0 Å². The quantitative estimate of drug-likeness (QED) is 0.293. The highest BCUT2D eigenvalue weighted by atomic mass is 32.5. The highest BCUT2D eigenvalue weighted by Crippen LogP contribution is 3.02. The number of rotatable bonds is 7. The molecule has 0 N–H and O–H groups in total. The largest absolute Gasteiger partial charge is 0.310 e.